The summed E-state index contributed by atoms with van der Waals surface area (Å²) < 4.78 is 24.2. The number of nitrogens with zero attached hydrogens (tertiary/aromatic N) is 1. The van der Waals surface area contributed by atoms with Gasteiger partial charge in [-0.25, -0.2) is 4.57 Å². The van der Waals surface area contributed by atoms with Crippen LogP contribution in [0.1, 0.15) is 127 Å². The van der Waals surface area contributed by atoms with E-state index in [1.54, 1.807) is 0 Å². The number of quaternary nitrogens is 1. The van der Waals surface area contributed by atoms with Crippen molar-refractivity contribution in [2.75, 3.05) is 34.3 Å². The number of hydrogen-bond donors (Lipinski definition) is 1. The molecule has 2 atom stereocenters. The fraction of sp³-hybridized carbons (Fsp3) is 0.800. The van der Waals surface area contributed by atoms with Crippen LogP contribution < -0.4 is 0 Å². The second kappa shape index (κ2) is 19.4. The Kier molecular flexibility index (Phi) is 17.9. The normalized spacial score (nSPS) is 14.6. The average molecular weight is 527 g/mol. The third-order valence-corrected chi connectivity index (χ3v) is 7.83. The van der Waals surface area contributed by atoms with E-state index in [4.69, 9.17) is 9.05 Å². The summed E-state index contributed by atoms with van der Waals surface area (Å²) in [4.78, 5) is 10.3. The number of rotatable bonds is 23. The summed E-state index contributed by atoms with van der Waals surface area (Å²) >= 11 is 0. The fourth-order valence-electron chi connectivity index (χ4n) is 4.38. The first kappa shape index (κ1) is 33.3. The van der Waals surface area contributed by atoms with Crippen LogP contribution in [-0.2, 0) is 13.6 Å². The van der Waals surface area contributed by atoms with Gasteiger partial charge in [-0.2, -0.15) is 0 Å². The van der Waals surface area contributed by atoms with Gasteiger partial charge in [0.1, 0.15) is 13.2 Å². The first-order chi connectivity index (χ1) is 17.1. The molecule has 0 aliphatic heterocycles. The van der Waals surface area contributed by atoms with Crippen molar-refractivity contribution in [3.05, 3.63) is 35.4 Å². The molecule has 210 valence electrons. The quantitative estimate of drug-likeness (QED) is 0.0877. The zero-order valence-electron chi connectivity index (χ0n) is 24.2. The second-order valence-electron chi connectivity index (χ2n) is 11.6. The van der Waals surface area contributed by atoms with Gasteiger partial charge < -0.3 is 9.38 Å². The number of benzene rings is 1. The molecule has 0 heterocycles. The minimum Gasteiger partial charge on any atom is -0.329 e. The van der Waals surface area contributed by atoms with Crippen molar-refractivity contribution in [3.63, 3.8) is 0 Å². The number of hydrogen-bond acceptors (Lipinski definition) is 3. The van der Waals surface area contributed by atoms with Gasteiger partial charge in [-0.3, -0.25) is 9.05 Å². The van der Waals surface area contributed by atoms with Crippen LogP contribution in [0.15, 0.2) is 24.3 Å². The number of unbranched alkanes of at least 4 members (excludes halogenated alkanes) is 14. The van der Waals surface area contributed by atoms with Gasteiger partial charge in [0.25, 0.3) is 0 Å². The predicted octanol–water partition coefficient (Wildman–Crippen LogP) is 9.14. The summed E-state index contributed by atoms with van der Waals surface area (Å²) in [7, 11) is 1.97. The molecule has 36 heavy (non-hydrogen) atoms. The molecule has 2 unspecified atom stereocenters. The Morgan fingerprint density at radius 2 is 1.22 bits per heavy atom. The molecule has 0 fully saturated rings. The Hall–Kier alpha value is -0.710. The maximum absolute atomic E-state index is 12.6. The van der Waals surface area contributed by atoms with Crippen LogP contribution in [-0.4, -0.2) is 43.7 Å². The zero-order chi connectivity index (χ0) is 26.7. The molecule has 0 saturated heterocycles. The van der Waals surface area contributed by atoms with Crippen LogP contribution in [0.25, 0.3) is 0 Å². The lowest BCUT2D eigenvalue weighted by molar-refractivity contribution is -0.870. The van der Waals surface area contributed by atoms with E-state index in [1.807, 2.05) is 52.3 Å². The molecule has 1 rings (SSSR count). The molecule has 0 radical (unpaired) electrons. The summed E-state index contributed by atoms with van der Waals surface area (Å²) in [6, 6.07) is 8.05. The van der Waals surface area contributed by atoms with Gasteiger partial charge in [0, 0.05) is 0 Å². The molecule has 0 aliphatic rings. The van der Waals surface area contributed by atoms with Crippen molar-refractivity contribution in [1.29, 1.82) is 0 Å². The summed E-state index contributed by atoms with van der Waals surface area (Å²) in [5, 5.41) is 0. The highest BCUT2D eigenvalue weighted by Gasteiger charge is 2.28. The summed E-state index contributed by atoms with van der Waals surface area (Å²) in [5.41, 5.74) is 2.10. The first-order valence-corrected chi connectivity index (χ1v) is 16.2. The van der Waals surface area contributed by atoms with Crippen LogP contribution >= 0.6 is 7.82 Å². The molecular formula is C30H57NO4P+. The minimum atomic E-state index is -4.11. The van der Waals surface area contributed by atoms with Gasteiger partial charge >= 0.3 is 7.82 Å². The third kappa shape index (κ3) is 18.5. The van der Waals surface area contributed by atoms with Crippen LogP contribution in [0.5, 0.6) is 0 Å². The summed E-state index contributed by atoms with van der Waals surface area (Å²) in [5.74, 6) is 0. The molecule has 0 aliphatic carbocycles. The molecule has 0 aromatic heterocycles. The predicted molar refractivity (Wildman–Crippen MR) is 153 cm³/mol. The van der Waals surface area contributed by atoms with Crippen LogP contribution in [0.2, 0.25) is 0 Å². The average Bonchev–Trinajstić information content (AvgIpc) is 2.80. The van der Waals surface area contributed by atoms with E-state index in [1.165, 1.54) is 83.5 Å². The molecular weight excluding hydrogens is 469 g/mol. The third-order valence-electron chi connectivity index (χ3n) is 6.80. The Bertz CT molecular complexity index is 702. The smallest absolute Gasteiger partial charge is 0.329 e. The van der Waals surface area contributed by atoms with E-state index in [0.29, 0.717) is 11.0 Å². The van der Waals surface area contributed by atoms with Crippen LogP contribution in [0.3, 0.4) is 0 Å². The van der Waals surface area contributed by atoms with Gasteiger partial charge in [-0.1, -0.05) is 133 Å². The fourth-order valence-corrected chi connectivity index (χ4v) is 5.31. The van der Waals surface area contributed by atoms with Crippen molar-refractivity contribution in [2.45, 2.75) is 123 Å². The van der Waals surface area contributed by atoms with Gasteiger partial charge in [0.15, 0.2) is 0 Å². The zero-order valence-corrected chi connectivity index (χ0v) is 25.1. The highest BCUT2D eigenvalue weighted by Crippen LogP contribution is 2.49. The lowest BCUT2D eigenvalue weighted by Crippen LogP contribution is -2.37. The Balaban J connectivity index is 2.26. The number of phosphoric acid groups is 1. The Morgan fingerprint density at radius 1 is 0.778 bits per heavy atom. The SMILES string of the molecule is CCCCCCCCCCCCCCCCCC(OP(=O)(O)OCC[N+](C)(C)C)c1ccc(C)cc1. The molecule has 0 spiro atoms. The van der Waals surface area contributed by atoms with E-state index in [-0.39, 0.29) is 6.61 Å². The van der Waals surface area contributed by atoms with Crippen LogP contribution in [0, 0.1) is 6.92 Å². The molecule has 0 amide bonds. The number of aryl methyl sites for hydroxylation is 1. The van der Waals surface area contributed by atoms with E-state index < -0.39 is 13.9 Å². The largest absolute Gasteiger partial charge is 0.472 e. The summed E-state index contributed by atoms with van der Waals surface area (Å²) in [6.07, 6.45) is 20.1. The van der Waals surface area contributed by atoms with Gasteiger partial charge in [0.05, 0.1) is 27.2 Å². The van der Waals surface area contributed by atoms with Gasteiger partial charge in [-0.15, -0.1) is 0 Å². The number of phosphoric ester groups is 1. The van der Waals surface area contributed by atoms with E-state index >= 15 is 0 Å². The van der Waals surface area contributed by atoms with Crippen molar-refractivity contribution in [2.24, 2.45) is 0 Å². The molecule has 1 aromatic rings. The first-order valence-electron chi connectivity index (χ1n) is 14.7. The van der Waals surface area contributed by atoms with Crippen molar-refractivity contribution in [3.8, 4) is 0 Å². The molecule has 6 heteroatoms. The Labute approximate surface area is 223 Å². The van der Waals surface area contributed by atoms with E-state index in [0.717, 1.165) is 30.4 Å². The highest BCUT2D eigenvalue weighted by molar-refractivity contribution is 7.47. The van der Waals surface area contributed by atoms with Crippen molar-refractivity contribution >= 4 is 7.82 Å². The lowest BCUT2D eigenvalue weighted by Gasteiger charge is -2.25. The molecule has 1 aromatic carbocycles. The van der Waals surface area contributed by atoms with E-state index in [9.17, 15) is 9.46 Å². The van der Waals surface area contributed by atoms with Gasteiger partial charge in [-0.05, 0) is 18.9 Å². The summed E-state index contributed by atoms with van der Waals surface area (Å²) in [6.45, 7) is 5.15. The standard InChI is InChI=1S/C30H56NO4P/c1-6-7-8-9-10-11-12-13-14-15-16-17-18-19-20-21-30(29-24-22-28(2)23-25-29)35-36(32,33)34-27-26-31(3,4)5/h22-25,30H,6-21,26-27H2,1-5H3/p+1. The monoisotopic (exact) mass is 526 g/mol. The molecule has 5 nitrogen and oxygen atoms in total. The molecule has 1 N–H and O–H groups in total. The maximum atomic E-state index is 12.6. The topological polar surface area (TPSA) is 55.8 Å². The molecule has 0 saturated carbocycles. The van der Waals surface area contributed by atoms with Crippen molar-refractivity contribution < 1.29 is 23.0 Å². The second-order valence-corrected chi connectivity index (χ2v) is 13.0. The minimum absolute atomic E-state index is 0.191. The maximum Gasteiger partial charge on any atom is 0.472 e. The lowest BCUT2D eigenvalue weighted by atomic mass is 10.0. The van der Waals surface area contributed by atoms with E-state index in [2.05, 4.69) is 6.92 Å². The van der Waals surface area contributed by atoms with Gasteiger partial charge in [0.2, 0.25) is 0 Å². The number of likely N-dealkylation sites (N-methyl/N-ethyl adjacent to an activating group) is 1. The van der Waals surface area contributed by atoms with Crippen LogP contribution in [0.4, 0.5) is 0 Å². The van der Waals surface area contributed by atoms with Crippen molar-refractivity contribution in [1.82, 2.24) is 0 Å². The highest BCUT2D eigenvalue weighted by atomic mass is 31.2. The Morgan fingerprint density at radius 3 is 1.67 bits per heavy atom. The molecule has 0 bridgehead atoms.